The van der Waals surface area contributed by atoms with Crippen molar-refractivity contribution in [2.24, 2.45) is 11.3 Å². The van der Waals surface area contributed by atoms with Crippen LogP contribution in [0.1, 0.15) is 39.4 Å². The predicted molar refractivity (Wildman–Crippen MR) is 86.6 cm³/mol. The van der Waals surface area contributed by atoms with Crippen molar-refractivity contribution in [3.8, 4) is 0 Å². The van der Waals surface area contributed by atoms with Gasteiger partial charge in [-0.25, -0.2) is 9.97 Å². The first-order chi connectivity index (χ1) is 10.2. The topological polar surface area (TPSA) is 93.5 Å². The van der Waals surface area contributed by atoms with E-state index < -0.39 is 11.4 Å². The molecule has 0 unspecified atom stereocenters. The number of imidazole rings is 1. The molecule has 3 N–H and O–H groups in total. The molecule has 0 aromatic carbocycles. The van der Waals surface area contributed by atoms with Gasteiger partial charge in [-0.2, -0.15) is 0 Å². The van der Waals surface area contributed by atoms with E-state index in [4.69, 9.17) is 5.73 Å². The molecule has 2 atom stereocenters. The molecule has 0 saturated heterocycles. The number of aliphatic carboxylic acids is 1. The van der Waals surface area contributed by atoms with Crippen LogP contribution in [0.15, 0.2) is 17.0 Å². The Morgan fingerprint density at radius 2 is 2.18 bits per heavy atom. The molecule has 3 rings (SSSR count). The molecule has 22 heavy (non-hydrogen) atoms. The van der Waals surface area contributed by atoms with E-state index in [1.54, 1.807) is 6.20 Å². The Morgan fingerprint density at radius 3 is 2.77 bits per heavy atom. The summed E-state index contributed by atoms with van der Waals surface area (Å²) in [6, 6.07) is 0. The molecule has 1 aliphatic rings. The van der Waals surface area contributed by atoms with Gasteiger partial charge < -0.3 is 10.8 Å². The monoisotopic (exact) mass is 366 g/mol. The van der Waals surface area contributed by atoms with Crippen molar-refractivity contribution < 1.29 is 9.90 Å². The number of fused-ring (bicyclic) bond motifs is 1. The molecule has 6 nitrogen and oxygen atoms in total. The summed E-state index contributed by atoms with van der Waals surface area (Å²) in [5.41, 5.74) is 5.91. The van der Waals surface area contributed by atoms with Gasteiger partial charge in [-0.15, -0.1) is 0 Å². The average molecular weight is 367 g/mol. The molecule has 0 spiro atoms. The lowest BCUT2D eigenvalue weighted by atomic mass is 9.65. The minimum absolute atomic E-state index is 0.362. The van der Waals surface area contributed by atoms with E-state index in [1.165, 1.54) is 0 Å². The van der Waals surface area contributed by atoms with Crippen LogP contribution >= 0.6 is 15.9 Å². The molecule has 2 aromatic heterocycles. The highest BCUT2D eigenvalue weighted by atomic mass is 79.9. The van der Waals surface area contributed by atoms with Gasteiger partial charge in [0.15, 0.2) is 5.82 Å². The Bertz CT molecular complexity index is 770. The summed E-state index contributed by atoms with van der Waals surface area (Å²) < 4.78 is 2.57. The maximum atomic E-state index is 11.6. The summed E-state index contributed by atoms with van der Waals surface area (Å²) in [6.45, 7) is 6.12. The molecule has 0 aliphatic heterocycles. The van der Waals surface area contributed by atoms with Crippen LogP contribution in [0.25, 0.3) is 5.52 Å². The van der Waals surface area contributed by atoms with Crippen molar-refractivity contribution in [1.82, 2.24) is 14.4 Å². The molecule has 7 heteroatoms. The van der Waals surface area contributed by atoms with E-state index in [1.807, 2.05) is 24.4 Å². The zero-order chi connectivity index (χ0) is 16.3. The zero-order valence-corrected chi connectivity index (χ0v) is 14.4. The summed E-state index contributed by atoms with van der Waals surface area (Å²) in [7, 11) is 0. The van der Waals surface area contributed by atoms with E-state index in [2.05, 4.69) is 32.8 Å². The SMILES string of the molecule is CC1(C)[C@@H](C(=O)O)CC[C@@]1(C)c1nc(Br)c2c(N)nccn12. The van der Waals surface area contributed by atoms with Gasteiger partial charge in [0.05, 0.1) is 5.92 Å². The van der Waals surface area contributed by atoms with Crippen LogP contribution in [0.5, 0.6) is 0 Å². The van der Waals surface area contributed by atoms with Gasteiger partial charge in [0.2, 0.25) is 0 Å². The van der Waals surface area contributed by atoms with Crippen molar-refractivity contribution in [3.63, 3.8) is 0 Å². The summed E-state index contributed by atoms with van der Waals surface area (Å²) in [6.07, 6.45) is 4.88. The number of rotatable bonds is 2. The Balaban J connectivity index is 2.24. The number of nitrogen functional groups attached to an aromatic ring is 1. The first-order valence-corrected chi connectivity index (χ1v) is 8.01. The van der Waals surface area contributed by atoms with Gasteiger partial charge in [0, 0.05) is 17.8 Å². The van der Waals surface area contributed by atoms with Gasteiger partial charge >= 0.3 is 5.97 Å². The highest BCUT2D eigenvalue weighted by Crippen LogP contribution is 2.57. The average Bonchev–Trinajstić information content (AvgIpc) is 2.88. The van der Waals surface area contributed by atoms with Gasteiger partial charge in [0.25, 0.3) is 0 Å². The molecule has 118 valence electrons. The third kappa shape index (κ3) is 1.81. The molecule has 1 aliphatic carbocycles. The van der Waals surface area contributed by atoms with Crippen LogP contribution in [0.2, 0.25) is 0 Å². The largest absolute Gasteiger partial charge is 0.481 e. The number of hydrogen-bond acceptors (Lipinski definition) is 4. The number of anilines is 1. The zero-order valence-electron chi connectivity index (χ0n) is 12.8. The molecular formula is C15H19BrN4O2. The first kappa shape index (κ1) is 15.3. The number of carboxylic acids is 1. The summed E-state index contributed by atoms with van der Waals surface area (Å²) in [4.78, 5) is 20.4. The molecule has 0 amide bonds. The molecule has 2 heterocycles. The Kier molecular flexibility index (Phi) is 3.25. The highest BCUT2D eigenvalue weighted by Gasteiger charge is 2.57. The van der Waals surface area contributed by atoms with Gasteiger partial charge in [-0.1, -0.05) is 20.8 Å². The Hall–Kier alpha value is -1.63. The fourth-order valence-corrected chi connectivity index (χ4v) is 4.30. The summed E-state index contributed by atoms with van der Waals surface area (Å²) in [5, 5.41) is 9.52. The number of nitrogens with two attached hydrogens (primary N) is 1. The summed E-state index contributed by atoms with van der Waals surface area (Å²) >= 11 is 3.45. The maximum absolute atomic E-state index is 11.6. The van der Waals surface area contributed by atoms with Crippen LogP contribution in [-0.4, -0.2) is 25.4 Å². The van der Waals surface area contributed by atoms with E-state index >= 15 is 0 Å². The quantitative estimate of drug-likeness (QED) is 0.851. The summed E-state index contributed by atoms with van der Waals surface area (Å²) in [5.74, 6) is 0.109. The van der Waals surface area contributed by atoms with Crippen molar-refractivity contribution in [3.05, 3.63) is 22.8 Å². The van der Waals surface area contributed by atoms with E-state index in [9.17, 15) is 9.90 Å². The minimum Gasteiger partial charge on any atom is -0.481 e. The lowest BCUT2D eigenvalue weighted by molar-refractivity contribution is -0.145. The maximum Gasteiger partial charge on any atom is 0.307 e. The van der Waals surface area contributed by atoms with Crippen molar-refractivity contribution in [2.45, 2.75) is 39.0 Å². The highest BCUT2D eigenvalue weighted by molar-refractivity contribution is 9.10. The standard InChI is InChI=1S/C15H19BrN4O2/c1-14(2)8(12(21)22)4-5-15(14,3)13-19-10(16)9-11(17)18-6-7-20(9)13/h6-8H,4-5H2,1-3H3,(H2,17,18)(H,21,22)/t8-,15+/m1/s1. The molecular weight excluding hydrogens is 348 g/mol. The number of nitrogens with zero attached hydrogens (tertiary/aromatic N) is 3. The van der Waals surface area contributed by atoms with Crippen LogP contribution in [-0.2, 0) is 10.2 Å². The minimum atomic E-state index is -0.741. The second-order valence-corrected chi connectivity index (χ2v) is 7.49. The van der Waals surface area contributed by atoms with Crippen molar-refractivity contribution in [1.29, 1.82) is 0 Å². The number of halogens is 1. The molecule has 1 fully saturated rings. The van der Waals surface area contributed by atoms with Gasteiger partial charge in [0.1, 0.15) is 15.9 Å². The fraction of sp³-hybridized carbons (Fsp3) is 0.533. The van der Waals surface area contributed by atoms with Gasteiger partial charge in [-0.3, -0.25) is 9.20 Å². The van der Waals surface area contributed by atoms with Crippen LogP contribution < -0.4 is 5.73 Å². The van der Waals surface area contributed by atoms with Crippen LogP contribution in [0.3, 0.4) is 0 Å². The molecule has 0 radical (unpaired) electrons. The predicted octanol–water partition coefficient (Wildman–Crippen LogP) is 2.85. The Morgan fingerprint density at radius 1 is 1.50 bits per heavy atom. The second-order valence-electron chi connectivity index (χ2n) is 6.74. The normalized spacial score (nSPS) is 27.4. The third-order valence-electron chi connectivity index (χ3n) is 5.56. The molecule has 1 saturated carbocycles. The Labute approximate surface area is 136 Å². The molecule has 2 aromatic rings. The van der Waals surface area contributed by atoms with Crippen LogP contribution in [0.4, 0.5) is 5.82 Å². The number of carbonyl (C=O) groups is 1. The third-order valence-corrected chi connectivity index (χ3v) is 6.11. The van der Waals surface area contributed by atoms with Crippen molar-refractivity contribution in [2.75, 3.05) is 5.73 Å². The van der Waals surface area contributed by atoms with E-state index in [0.29, 0.717) is 16.8 Å². The lowest BCUT2D eigenvalue weighted by Gasteiger charge is -2.39. The number of carboxylic acid groups (broad SMARTS) is 1. The van der Waals surface area contributed by atoms with Crippen molar-refractivity contribution >= 4 is 33.2 Å². The first-order valence-electron chi connectivity index (χ1n) is 7.21. The lowest BCUT2D eigenvalue weighted by Crippen LogP contribution is -2.41. The molecule has 0 bridgehead atoms. The van der Waals surface area contributed by atoms with Gasteiger partial charge in [-0.05, 0) is 34.2 Å². The fourth-order valence-electron chi connectivity index (χ4n) is 3.74. The second kappa shape index (κ2) is 4.68. The van der Waals surface area contributed by atoms with Crippen LogP contribution in [0, 0.1) is 11.3 Å². The smallest absolute Gasteiger partial charge is 0.307 e. The number of hydrogen-bond donors (Lipinski definition) is 2. The van der Waals surface area contributed by atoms with E-state index in [0.717, 1.165) is 17.8 Å². The van der Waals surface area contributed by atoms with E-state index in [-0.39, 0.29) is 11.3 Å². The number of aromatic nitrogens is 3.